The molecule has 1 unspecified atom stereocenters. The standard InChI is InChI=1S/C34H66O2/c1-3-5-7-9-11-13-15-17-18-19-20-22-24-26-28-30-32-33(34(35)36)31-29-27-25-23-21-16-14-12-10-8-6-4-2/h17-18,33H,3-16,19-32H2,1-2H3,(H,35,36)/b18-17-. The van der Waals surface area contributed by atoms with Gasteiger partial charge >= 0.3 is 5.97 Å². The summed E-state index contributed by atoms with van der Waals surface area (Å²) in [5.74, 6) is -0.671. The minimum absolute atomic E-state index is 0.107. The minimum atomic E-state index is -0.564. The van der Waals surface area contributed by atoms with Gasteiger partial charge in [0.15, 0.2) is 0 Å². The third kappa shape index (κ3) is 27.8. The fourth-order valence-electron chi connectivity index (χ4n) is 5.26. The number of aliphatic carboxylic acids is 1. The maximum Gasteiger partial charge on any atom is 0.306 e. The highest BCUT2D eigenvalue weighted by molar-refractivity contribution is 5.69. The van der Waals surface area contributed by atoms with Crippen LogP contribution in [-0.4, -0.2) is 11.1 Å². The number of unbranched alkanes of at least 4 members (excludes halogenated alkanes) is 23. The summed E-state index contributed by atoms with van der Waals surface area (Å²) in [6, 6.07) is 0. The van der Waals surface area contributed by atoms with Crippen LogP contribution in [0.1, 0.15) is 194 Å². The molecule has 0 aliphatic carbocycles. The molecule has 0 spiro atoms. The largest absolute Gasteiger partial charge is 0.481 e. The SMILES string of the molecule is CCCCCCCC/C=C\CCCCCCCCC(CCCCCCCCCCCCCC)C(=O)O. The van der Waals surface area contributed by atoms with Gasteiger partial charge in [-0.25, -0.2) is 0 Å². The molecule has 214 valence electrons. The number of carbonyl (C=O) groups is 1. The van der Waals surface area contributed by atoms with Crippen molar-refractivity contribution in [2.24, 2.45) is 5.92 Å². The van der Waals surface area contributed by atoms with Gasteiger partial charge in [0.2, 0.25) is 0 Å². The van der Waals surface area contributed by atoms with E-state index in [0.29, 0.717) is 0 Å². The van der Waals surface area contributed by atoms with Gasteiger partial charge in [-0.1, -0.05) is 167 Å². The summed E-state index contributed by atoms with van der Waals surface area (Å²) in [6.07, 6.45) is 40.9. The van der Waals surface area contributed by atoms with Crippen molar-refractivity contribution in [3.8, 4) is 0 Å². The first-order valence-electron chi connectivity index (χ1n) is 16.6. The van der Waals surface area contributed by atoms with Crippen LogP contribution in [0.25, 0.3) is 0 Å². The Hall–Kier alpha value is -0.790. The van der Waals surface area contributed by atoms with E-state index in [-0.39, 0.29) is 5.92 Å². The van der Waals surface area contributed by atoms with Crippen molar-refractivity contribution in [1.29, 1.82) is 0 Å². The zero-order chi connectivity index (χ0) is 26.4. The van der Waals surface area contributed by atoms with Crippen LogP contribution in [0.2, 0.25) is 0 Å². The quantitative estimate of drug-likeness (QED) is 0.0776. The Bertz CT molecular complexity index is 456. The number of allylic oxidation sites excluding steroid dienone is 2. The molecule has 1 N–H and O–H groups in total. The van der Waals surface area contributed by atoms with Gasteiger partial charge in [0, 0.05) is 0 Å². The molecule has 0 amide bonds. The van der Waals surface area contributed by atoms with E-state index >= 15 is 0 Å². The van der Waals surface area contributed by atoms with Gasteiger partial charge in [-0.05, 0) is 38.5 Å². The van der Waals surface area contributed by atoms with Gasteiger partial charge < -0.3 is 5.11 Å². The number of rotatable bonds is 30. The molecule has 0 heterocycles. The lowest BCUT2D eigenvalue weighted by atomic mass is 9.94. The van der Waals surface area contributed by atoms with Crippen LogP contribution in [0.4, 0.5) is 0 Å². The highest BCUT2D eigenvalue weighted by Crippen LogP contribution is 2.20. The van der Waals surface area contributed by atoms with Gasteiger partial charge in [0.05, 0.1) is 5.92 Å². The zero-order valence-corrected chi connectivity index (χ0v) is 24.9. The predicted molar refractivity (Wildman–Crippen MR) is 161 cm³/mol. The van der Waals surface area contributed by atoms with Crippen molar-refractivity contribution in [3.05, 3.63) is 12.2 Å². The summed E-state index contributed by atoms with van der Waals surface area (Å²) < 4.78 is 0. The van der Waals surface area contributed by atoms with Gasteiger partial charge in [-0.3, -0.25) is 4.79 Å². The first-order valence-corrected chi connectivity index (χ1v) is 16.6. The summed E-state index contributed by atoms with van der Waals surface area (Å²) in [5, 5.41) is 9.57. The zero-order valence-electron chi connectivity index (χ0n) is 24.9. The molecule has 0 bridgehead atoms. The molecule has 0 fully saturated rings. The molecule has 0 saturated carbocycles. The molecular formula is C34H66O2. The van der Waals surface area contributed by atoms with Crippen LogP contribution in [0.15, 0.2) is 12.2 Å². The maximum atomic E-state index is 11.6. The maximum absolute atomic E-state index is 11.6. The lowest BCUT2D eigenvalue weighted by Crippen LogP contribution is -2.13. The monoisotopic (exact) mass is 507 g/mol. The molecule has 0 saturated heterocycles. The summed E-state index contributed by atoms with van der Waals surface area (Å²) >= 11 is 0. The highest BCUT2D eigenvalue weighted by atomic mass is 16.4. The third-order valence-electron chi connectivity index (χ3n) is 7.82. The lowest BCUT2D eigenvalue weighted by molar-refractivity contribution is -0.142. The average molecular weight is 507 g/mol. The van der Waals surface area contributed by atoms with Gasteiger partial charge in [0.25, 0.3) is 0 Å². The molecule has 0 aromatic rings. The summed E-state index contributed by atoms with van der Waals surface area (Å²) in [7, 11) is 0. The minimum Gasteiger partial charge on any atom is -0.481 e. The van der Waals surface area contributed by atoms with Crippen molar-refractivity contribution in [2.45, 2.75) is 194 Å². The molecule has 0 aromatic heterocycles. The number of carboxylic acids is 1. The molecule has 36 heavy (non-hydrogen) atoms. The summed E-state index contributed by atoms with van der Waals surface area (Å²) in [4.78, 5) is 11.6. The van der Waals surface area contributed by atoms with Crippen molar-refractivity contribution < 1.29 is 9.90 Å². The molecular weight excluding hydrogens is 440 g/mol. The second-order valence-electron chi connectivity index (χ2n) is 11.4. The Morgan fingerprint density at radius 3 is 1.06 bits per heavy atom. The van der Waals surface area contributed by atoms with Crippen molar-refractivity contribution >= 4 is 5.97 Å². The van der Waals surface area contributed by atoms with Crippen LogP contribution >= 0.6 is 0 Å². The van der Waals surface area contributed by atoms with E-state index in [9.17, 15) is 9.90 Å². The average Bonchev–Trinajstić information content (AvgIpc) is 2.87. The first kappa shape index (κ1) is 35.2. The lowest BCUT2D eigenvalue weighted by Gasteiger charge is -2.12. The van der Waals surface area contributed by atoms with Crippen LogP contribution in [0.3, 0.4) is 0 Å². The molecule has 2 heteroatoms. The Labute approximate surface area is 227 Å². The Balaban J connectivity index is 3.44. The fourth-order valence-corrected chi connectivity index (χ4v) is 5.26. The fraction of sp³-hybridized carbons (Fsp3) is 0.912. The van der Waals surface area contributed by atoms with Crippen LogP contribution in [0, 0.1) is 5.92 Å². The van der Waals surface area contributed by atoms with E-state index in [1.807, 2.05) is 0 Å². The second-order valence-corrected chi connectivity index (χ2v) is 11.4. The van der Waals surface area contributed by atoms with E-state index in [1.165, 1.54) is 154 Å². The smallest absolute Gasteiger partial charge is 0.306 e. The van der Waals surface area contributed by atoms with Gasteiger partial charge in [-0.15, -0.1) is 0 Å². The van der Waals surface area contributed by atoms with Gasteiger partial charge in [-0.2, -0.15) is 0 Å². The van der Waals surface area contributed by atoms with Crippen LogP contribution in [-0.2, 0) is 4.79 Å². The van der Waals surface area contributed by atoms with E-state index in [0.717, 1.165) is 25.7 Å². The number of hydrogen-bond donors (Lipinski definition) is 1. The molecule has 0 aliphatic rings. The number of carboxylic acid groups (broad SMARTS) is 1. The summed E-state index contributed by atoms with van der Waals surface area (Å²) in [6.45, 7) is 4.55. The summed E-state index contributed by atoms with van der Waals surface area (Å²) in [5.41, 5.74) is 0. The molecule has 0 rings (SSSR count). The Morgan fingerprint density at radius 2 is 0.750 bits per heavy atom. The van der Waals surface area contributed by atoms with E-state index in [2.05, 4.69) is 26.0 Å². The molecule has 0 radical (unpaired) electrons. The second kappa shape index (κ2) is 30.4. The molecule has 0 aromatic carbocycles. The van der Waals surface area contributed by atoms with E-state index in [4.69, 9.17) is 0 Å². The van der Waals surface area contributed by atoms with Gasteiger partial charge in [0.1, 0.15) is 0 Å². The van der Waals surface area contributed by atoms with Crippen LogP contribution < -0.4 is 0 Å². The Kier molecular flexibility index (Phi) is 29.8. The predicted octanol–water partition coefficient (Wildman–Crippen LogP) is 12.2. The van der Waals surface area contributed by atoms with E-state index in [1.54, 1.807) is 0 Å². The first-order chi connectivity index (χ1) is 17.7. The molecule has 1 atom stereocenters. The molecule has 0 aliphatic heterocycles. The number of hydrogen-bond acceptors (Lipinski definition) is 1. The van der Waals surface area contributed by atoms with Crippen molar-refractivity contribution in [2.75, 3.05) is 0 Å². The molecule has 2 nitrogen and oxygen atoms in total. The highest BCUT2D eigenvalue weighted by Gasteiger charge is 2.16. The Morgan fingerprint density at radius 1 is 0.472 bits per heavy atom. The topological polar surface area (TPSA) is 37.3 Å². The van der Waals surface area contributed by atoms with Crippen molar-refractivity contribution in [3.63, 3.8) is 0 Å². The third-order valence-corrected chi connectivity index (χ3v) is 7.82. The van der Waals surface area contributed by atoms with Crippen LogP contribution in [0.5, 0.6) is 0 Å². The van der Waals surface area contributed by atoms with E-state index < -0.39 is 5.97 Å². The normalized spacial score (nSPS) is 12.5. The van der Waals surface area contributed by atoms with Crippen molar-refractivity contribution in [1.82, 2.24) is 0 Å².